The number of nitrogens with zero attached hydrogens (tertiary/aromatic N) is 3. The number of anilines is 1. The van der Waals surface area contributed by atoms with Crippen molar-refractivity contribution in [2.45, 2.75) is 32.9 Å². The molecule has 3 rings (SSSR count). The predicted molar refractivity (Wildman–Crippen MR) is 95.6 cm³/mol. The van der Waals surface area contributed by atoms with Gasteiger partial charge in [-0.05, 0) is 45.0 Å². The van der Waals surface area contributed by atoms with Crippen molar-refractivity contribution in [1.82, 2.24) is 14.7 Å². The number of aromatic nitrogens is 2. The maximum absolute atomic E-state index is 13.1. The van der Waals surface area contributed by atoms with Crippen LogP contribution in [0, 0.1) is 5.82 Å². The van der Waals surface area contributed by atoms with E-state index in [1.54, 1.807) is 20.8 Å². The van der Waals surface area contributed by atoms with Crippen molar-refractivity contribution in [1.29, 1.82) is 0 Å². The van der Waals surface area contributed by atoms with Crippen molar-refractivity contribution < 1.29 is 28.6 Å². The van der Waals surface area contributed by atoms with Gasteiger partial charge in [0.1, 0.15) is 5.82 Å². The Bertz CT molecular complexity index is 952. The molecule has 2 N–H and O–H groups in total. The zero-order valence-electron chi connectivity index (χ0n) is 15.5. The standard InChI is InChI=1S/C18H19FN4O5/c1-4-28-17(27)23-13-12(9-22(16(25)26)18(13,2)3)14(21-23)20-15(24)10-5-7-11(19)8-6-10/h5-8H,4,9H2,1-3H3,(H,25,26)(H,20,21,24). The van der Waals surface area contributed by atoms with E-state index in [4.69, 9.17) is 4.74 Å². The van der Waals surface area contributed by atoms with Crippen LogP contribution in [0.2, 0.25) is 0 Å². The minimum Gasteiger partial charge on any atom is -0.465 e. The van der Waals surface area contributed by atoms with Crippen LogP contribution in [0.4, 0.5) is 19.8 Å². The zero-order valence-corrected chi connectivity index (χ0v) is 15.5. The number of hydrogen-bond donors (Lipinski definition) is 2. The summed E-state index contributed by atoms with van der Waals surface area (Å²) < 4.78 is 19.0. The van der Waals surface area contributed by atoms with Crippen LogP contribution in [0.1, 0.15) is 42.4 Å². The summed E-state index contributed by atoms with van der Waals surface area (Å²) in [5, 5.41) is 16.2. The highest BCUT2D eigenvalue weighted by Crippen LogP contribution is 2.42. The summed E-state index contributed by atoms with van der Waals surface area (Å²) in [6, 6.07) is 4.90. The third-order valence-electron chi connectivity index (χ3n) is 4.56. The molecule has 0 unspecified atom stereocenters. The van der Waals surface area contributed by atoms with E-state index in [1.807, 2.05) is 0 Å². The molecule has 1 aromatic carbocycles. The fourth-order valence-corrected chi connectivity index (χ4v) is 3.22. The summed E-state index contributed by atoms with van der Waals surface area (Å²) in [6.07, 6.45) is -1.95. The van der Waals surface area contributed by atoms with Gasteiger partial charge in [0.15, 0.2) is 5.82 Å². The number of rotatable bonds is 3. The lowest BCUT2D eigenvalue weighted by Gasteiger charge is -2.30. The molecule has 0 bridgehead atoms. The van der Waals surface area contributed by atoms with Crippen molar-refractivity contribution in [2.24, 2.45) is 0 Å². The average molecular weight is 390 g/mol. The van der Waals surface area contributed by atoms with Gasteiger partial charge in [-0.15, -0.1) is 5.10 Å². The topological polar surface area (TPSA) is 114 Å². The summed E-state index contributed by atoms with van der Waals surface area (Å²) in [5.41, 5.74) is -0.161. The second-order valence-corrected chi connectivity index (χ2v) is 6.68. The van der Waals surface area contributed by atoms with Crippen LogP contribution in [0.25, 0.3) is 0 Å². The number of nitrogens with one attached hydrogen (secondary N) is 1. The second kappa shape index (κ2) is 6.95. The fraction of sp³-hybridized carbons (Fsp3) is 0.333. The van der Waals surface area contributed by atoms with Crippen LogP contribution < -0.4 is 5.32 Å². The normalized spacial score (nSPS) is 14.5. The van der Waals surface area contributed by atoms with E-state index in [9.17, 15) is 23.9 Å². The maximum atomic E-state index is 13.1. The van der Waals surface area contributed by atoms with E-state index in [0.717, 1.165) is 21.7 Å². The van der Waals surface area contributed by atoms with Crippen molar-refractivity contribution in [3.8, 4) is 0 Å². The van der Waals surface area contributed by atoms with Crippen LogP contribution in [-0.4, -0.2) is 44.5 Å². The molecule has 1 aromatic heterocycles. The molecule has 2 amide bonds. The van der Waals surface area contributed by atoms with E-state index in [1.165, 1.54) is 12.1 Å². The molecule has 1 aliphatic heterocycles. The highest BCUT2D eigenvalue weighted by atomic mass is 19.1. The Hall–Kier alpha value is -3.43. The molecule has 0 radical (unpaired) electrons. The van der Waals surface area contributed by atoms with Gasteiger partial charge < -0.3 is 15.2 Å². The number of halogens is 1. The molecule has 0 saturated heterocycles. The van der Waals surface area contributed by atoms with Gasteiger partial charge in [-0.2, -0.15) is 4.68 Å². The van der Waals surface area contributed by atoms with Gasteiger partial charge in [-0.3, -0.25) is 9.69 Å². The average Bonchev–Trinajstić information content (AvgIpc) is 3.11. The Morgan fingerprint density at radius 3 is 2.50 bits per heavy atom. The van der Waals surface area contributed by atoms with Gasteiger partial charge in [0.05, 0.1) is 24.4 Å². The summed E-state index contributed by atoms with van der Waals surface area (Å²) >= 11 is 0. The fourth-order valence-electron chi connectivity index (χ4n) is 3.22. The van der Waals surface area contributed by atoms with Crippen LogP contribution in [0.5, 0.6) is 0 Å². The smallest absolute Gasteiger partial charge is 0.435 e. The van der Waals surface area contributed by atoms with Gasteiger partial charge in [-0.25, -0.2) is 14.0 Å². The molecule has 0 spiro atoms. The Labute approximate surface area is 159 Å². The molecule has 2 heterocycles. The lowest BCUT2D eigenvalue weighted by Crippen LogP contribution is -2.41. The van der Waals surface area contributed by atoms with Gasteiger partial charge in [0, 0.05) is 11.1 Å². The summed E-state index contributed by atoms with van der Waals surface area (Å²) in [6.45, 7) is 4.95. The minimum atomic E-state index is -1.17. The molecule has 0 saturated carbocycles. The van der Waals surface area contributed by atoms with E-state index in [-0.39, 0.29) is 24.5 Å². The molecule has 0 fully saturated rings. The van der Waals surface area contributed by atoms with Crippen LogP contribution in [-0.2, 0) is 16.8 Å². The highest BCUT2D eigenvalue weighted by molar-refractivity contribution is 6.04. The van der Waals surface area contributed by atoms with Crippen molar-refractivity contribution >= 4 is 23.9 Å². The van der Waals surface area contributed by atoms with Gasteiger partial charge in [-0.1, -0.05) is 0 Å². The second-order valence-electron chi connectivity index (χ2n) is 6.68. The molecule has 10 heteroatoms. The lowest BCUT2D eigenvalue weighted by atomic mass is 10.0. The number of carboxylic acid groups (broad SMARTS) is 1. The van der Waals surface area contributed by atoms with Crippen molar-refractivity contribution in [2.75, 3.05) is 11.9 Å². The third-order valence-corrected chi connectivity index (χ3v) is 4.56. The quantitative estimate of drug-likeness (QED) is 0.833. The van der Waals surface area contributed by atoms with E-state index >= 15 is 0 Å². The maximum Gasteiger partial charge on any atom is 0.435 e. The van der Waals surface area contributed by atoms with Gasteiger partial charge in [0.25, 0.3) is 5.91 Å². The first-order valence-electron chi connectivity index (χ1n) is 8.53. The molecule has 148 valence electrons. The number of fused-ring (bicyclic) bond motifs is 1. The molecule has 0 atom stereocenters. The zero-order chi connectivity index (χ0) is 20.6. The molecule has 0 aliphatic carbocycles. The van der Waals surface area contributed by atoms with E-state index < -0.39 is 29.4 Å². The number of hydrogen-bond acceptors (Lipinski definition) is 5. The van der Waals surface area contributed by atoms with Gasteiger partial charge >= 0.3 is 12.2 Å². The largest absolute Gasteiger partial charge is 0.465 e. The van der Waals surface area contributed by atoms with Crippen LogP contribution in [0.3, 0.4) is 0 Å². The molecular weight excluding hydrogens is 371 g/mol. The number of ether oxygens (including phenoxy) is 1. The van der Waals surface area contributed by atoms with Crippen LogP contribution >= 0.6 is 0 Å². The Balaban J connectivity index is 2.03. The highest BCUT2D eigenvalue weighted by Gasteiger charge is 2.47. The summed E-state index contributed by atoms with van der Waals surface area (Å²) in [7, 11) is 0. The van der Waals surface area contributed by atoms with Crippen molar-refractivity contribution in [3.05, 3.63) is 46.9 Å². The third kappa shape index (κ3) is 3.17. The Morgan fingerprint density at radius 1 is 1.29 bits per heavy atom. The number of benzene rings is 1. The van der Waals surface area contributed by atoms with Crippen molar-refractivity contribution in [3.63, 3.8) is 0 Å². The van der Waals surface area contributed by atoms with E-state index in [2.05, 4.69) is 10.4 Å². The Kier molecular flexibility index (Phi) is 4.80. The lowest BCUT2D eigenvalue weighted by molar-refractivity contribution is 0.0940. The van der Waals surface area contributed by atoms with Crippen LogP contribution in [0.15, 0.2) is 24.3 Å². The summed E-state index contributed by atoms with van der Waals surface area (Å²) in [4.78, 5) is 37.6. The van der Waals surface area contributed by atoms with Gasteiger partial charge in [0.2, 0.25) is 0 Å². The number of amides is 2. The molecular formula is C18H19FN4O5. The minimum absolute atomic E-state index is 0.0502. The molecule has 1 aliphatic rings. The number of carbonyl (C=O) groups excluding carboxylic acids is 2. The predicted octanol–water partition coefficient (Wildman–Crippen LogP) is 3.01. The molecule has 9 nitrogen and oxygen atoms in total. The first kappa shape index (κ1) is 19.3. The Morgan fingerprint density at radius 2 is 1.93 bits per heavy atom. The first-order valence-corrected chi connectivity index (χ1v) is 8.53. The first-order chi connectivity index (χ1) is 13.2. The SMILES string of the molecule is CCOC(=O)n1nc(NC(=O)c2ccc(F)cc2)c2c1C(C)(C)N(C(=O)O)C2. The number of carbonyl (C=O) groups is 3. The van der Waals surface area contributed by atoms with E-state index in [0.29, 0.717) is 11.3 Å². The molecule has 28 heavy (non-hydrogen) atoms. The summed E-state index contributed by atoms with van der Waals surface area (Å²) in [5.74, 6) is -1.00. The molecule has 2 aromatic rings. The monoisotopic (exact) mass is 390 g/mol.